The SMILES string of the molecule is COc1cccc(C(=O)C2CC(=O)Nc3c2c(C)nn3-c2ccccc2C)c1. The molecule has 4 rings (SSSR count). The van der Waals surface area contributed by atoms with Gasteiger partial charge in [-0.3, -0.25) is 9.59 Å². The topological polar surface area (TPSA) is 73.2 Å². The summed E-state index contributed by atoms with van der Waals surface area (Å²) >= 11 is 0. The number of ether oxygens (including phenoxy) is 1. The molecule has 1 aliphatic rings. The highest BCUT2D eigenvalue weighted by atomic mass is 16.5. The fourth-order valence-corrected chi connectivity index (χ4v) is 3.72. The van der Waals surface area contributed by atoms with Gasteiger partial charge in [0.2, 0.25) is 5.91 Å². The maximum Gasteiger partial charge on any atom is 0.226 e. The Morgan fingerprint density at radius 2 is 1.96 bits per heavy atom. The summed E-state index contributed by atoms with van der Waals surface area (Å²) in [6.07, 6.45) is 0.101. The summed E-state index contributed by atoms with van der Waals surface area (Å²) in [6, 6.07) is 14.8. The molecule has 0 aliphatic carbocycles. The molecule has 28 heavy (non-hydrogen) atoms. The minimum Gasteiger partial charge on any atom is -0.497 e. The summed E-state index contributed by atoms with van der Waals surface area (Å²) in [5, 5.41) is 7.56. The van der Waals surface area contributed by atoms with E-state index in [4.69, 9.17) is 4.74 Å². The van der Waals surface area contributed by atoms with Crippen LogP contribution in [0.15, 0.2) is 48.5 Å². The lowest BCUT2D eigenvalue weighted by molar-refractivity contribution is -0.116. The van der Waals surface area contributed by atoms with Gasteiger partial charge in [0.05, 0.1) is 24.4 Å². The molecule has 1 N–H and O–H groups in total. The van der Waals surface area contributed by atoms with Crippen LogP contribution in [0.2, 0.25) is 0 Å². The van der Waals surface area contributed by atoms with Crippen molar-refractivity contribution in [2.45, 2.75) is 26.2 Å². The van der Waals surface area contributed by atoms with E-state index in [2.05, 4.69) is 10.4 Å². The second kappa shape index (κ2) is 6.96. The molecule has 1 aliphatic heterocycles. The van der Waals surface area contributed by atoms with Crippen LogP contribution in [0.1, 0.15) is 39.5 Å². The Kier molecular flexibility index (Phi) is 4.47. The zero-order valence-electron chi connectivity index (χ0n) is 16.0. The van der Waals surface area contributed by atoms with Crippen LogP contribution < -0.4 is 10.1 Å². The second-order valence-corrected chi connectivity index (χ2v) is 6.95. The predicted molar refractivity (Wildman–Crippen MR) is 106 cm³/mol. The highest BCUT2D eigenvalue weighted by molar-refractivity contribution is 6.08. The van der Waals surface area contributed by atoms with E-state index in [-0.39, 0.29) is 18.1 Å². The maximum absolute atomic E-state index is 13.3. The second-order valence-electron chi connectivity index (χ2n) is 6.95. The first-order valence-electron chi connectivity index (χ1n) is 9.13. The van der Waals surface area contributed by atoms with Gasteiger partial charge >= 0.3 is 0 Å². The number of para-hydroxylation sites is 1. The highest BCUT2D eigenvalue weighted by Crippen LogP contribution is 2.38. The molecule has 0 bridgehead atoms. The molecule has 6 nitrogen and oxygen atoms in total. The molecule has 1 aromatic heterocycles. The average molecular weight is 375 g/mol. The quantitative estimate of drug-likeness (QED) is 0.704. The minimum atomic E-state index is -0.575. The van der Waals surface area contributed by atoms with Crippen LogP contribution in [0.5, 0.6) is 5.75 Å². The molecule has 6 heteroatoms. The summed E-state index contributed by atoms with van der Waals surface area (Å²) in [5.41, 5.74) is 3.94. The summed E-state index contributed by atoms with van der Waals surface area (Å²) in [4.78, 5) is 25.7. The van der Waals surface area contributed by atoms with Gasteiger partial charge in [-0.2, -0.15) is 5.10 Å². The number of hydrogen-bond acceptors (Lipinski definition) is 4. The number of hydrogen-bond donors (Lipinski definition) is 1. The first kappa shape index (κ1) is 18.0. The molecule has 142 valence electrons. The number of nitrogens with zero attached hydrogens (tertiary/aromatic N) is 2. The lowest BCUT2D eigenvalue weighted by Crippen LogP contribution is -2.28. The van der Waals surface area contributed by atoms with Crippen LogP contribution in [0.3, 0.4) is 0 Å². The number of carbonyl (C=O) groups is 2. The molecular weight excluding hydrogens is 354 g/mol. The van der Waals surface area contributed by atoms with E-state index in [1.165, 1.54) is 0 Å². The van der Waals surface area contributed by atoms with E-state index in [1.807, 2.05) is 38.1 Å². The van der Waals surface area contributed by atoms with Crippen LogP contribution in [0, 0.1) is 13.8 Å². The van der Waals surface area contributed by atoms with Gasteiger partial charge in [0.1, 0.15) is 11.6 Å². The van der Waals surface area contributed by atoms with Gasteiger partial charge in [-0.05, 0) is 37.6 Å². The van der Waals surface area contributed by atoms with Gasteiger partial charge in [-0.1, -0.05) is 30.3 Å². The molecule has 1 amide bonds. The van der Waals surface area contributed by atoms with Gasteiger partial charge in [0.25, 0.3) is 0 Å². The number of methoxy groups -OCH3 is 1. The monoisotopic (exact) mass is 375 g/mol. The molecule has 0 radical (unpaired) electrons. The number of amides is 1. The number of aryl methyl sites for hydroxylation is 2. The maximum atomic E-state index is 13.3. The molecule has 2 heterocycles. The van der Waals surface area contributed by atoms with Crippen molar-refractivity contribution in [2.75, 3.05) is 12.4 Å². The van der Waals surface area contributed by atoms with Crippen molar-refractivity contribution in [2.24, 2.45) is 0 Å². The molecule has 0 fully saturated rings. The zero-order valence-corrected chi connectivity index (χ0v) is 16.0. The third-order valence-electron chi connectivity index (χ3n) is 5.12. The Balaban J connectivity index is 1.83. The normalized spacial score (nSPS) is 15.7. The third kappa shape index (κ3) is 2.97. The van der Waals surface area contributed by atoms with Crippen molar-refractivity contribution in [3.8, 4) is 11.4 Å². The minimum absolute atomic E-state index is 0.101. The highest BCUT2D eigenvalue weighted by Gasteiger charge is 2.36. The van der Waals surface area contributed by atoms with E-state index in [1.54, 1.807) is 36.1 Å². The smallest absolute Gasteiger partial charge is 0.226 e. The summed E-state index contributed by atoms with van der Waals surface area (Å²) in [6.45, 7) is 3.86. The van der Waals surface area contributed by atoms with Crippen LogP contribution in [0.25, 0.3) is 5.69 Å². The molecule has 0 saturated heterocycles. The van der Waals surface area contributed by atoms with E-state index in [9.17, 15) is 9.59 Å². The van der Waals surface area contributed by atoms with Crippen molar-refractivity contribution in [1.29, 1.82) is 0 Å². The van der Waals surface area contributed by atoms with Crippen molar-refractivity contribution >= 4 is 17.5 Å². The average Bonchev–Trinajstić information content (AvgIpc) is 3.03. The number of benzene rings is 2. The largest absolute Gasteiger partial charge is 0.497 e. The van der Waals surface area contributed by atoms with Crippen LogP contribution >= 0.6 is 0 Å². The van der Waals surface area contributed by atoms with Gasteiger partial charge in [0.15, 0.2) is 5.78 Å². The molecule has 0 spiro atoms. The number of anilines is 1. The third-order valence-corrected chi connectivity index (χ3v) is 5.12. The van der Waals surface area contributed by atoms with Gasteiger partial charge < -0.3 is 10.1 Å². The summed E-state index contributed by atoms with van der Waals surface area (Å²) in [7, 11) is 1.56. The van der Waals surface area contributed by atoms with Gasteiger partial charge in [-0.25, -0.2) is 4.68 Å². The Morgan fingerprint density at radius 3 is 2.71 bits per heavy atom. The Hall–Kier alpha value is -3.41. The van der Waals surface area contributed by atoms with Gasteiger partial charge in [-0.15, -0.1) is 0 Å². The first-order valence-corrected chi connectivity index (χ1v) is 9.13. The lowest BCUT2D eigenvalue weighted by Gasteiger charge is -2.23. The number of carbonyl (C=O) groups excluding carboxylic acids is 2. The molecule has 1 unspecified atom stereocenters. The molecule has 3 aromatic rings. The van der Waals surface area contributed by atoms with Crippen molar-refractivity contribution in [3.63, 3.8) is 0 Å². The molecule has 1 atom stereocenters. The molecule has 0 saturated carbocycles. The van der Waals surface area contributed by atoms with Crippen molar-refractivity contribution in [3.05, 3.63) is 70.9 Å². The van der Waals surface area contributed by atoms with Crippen molar-refractivity contribution < 1.29 is 14.3 Å². The number of Topliss-reactive ketones (excluding diaryl/α,β-unsaturated/α-hetero) is 1. The van der Waals surface area contributed by atoms with E-state index in [0.717, 1.165) is 22.5 Å². The predicted octanol–water partition coefficient (Wildman–Crippen LogP) is 3.81. The fourth-order valence-electron chi connectivity index (χ4n) is 3.72. The van der Waals surface area contributed by atoms with E-state index >= 15 is 0 Å². The molecule has 2 aromatic carbocycles. The number of aromatic nitrogens is 2. The van der Waals surface area contributed by atoms with Gasteiger partial charge in [0, 0.05) is 17.5 Å². The molecular formula is C22H21N3O3. The van der Waals surface area contributed by atoms with E-state index in [0.29, 0.717) is 17.1 Å². The Bertz CT molecular complexity index is 1080. The van der Waals surface area contributed by atoms with E-state index < -0.39 is 5.92 Å². The zero-order chi connectivity index (χ0) is 19.8. The van der Waals surface area contributed by atoms with Crippen molar-refractivity contribution in [1.82, 2.24) is 9.78 Å². The summed E-state index contributed by atoms with van der Waals surface area (Å²) in [5.74, 6) is 0.308. The van der Waals surface area contributed by atoms with Crippen LogP contribution in [0.4, 0.5) is 5.82 Å². The standard InChI is InChI=1S/C22H21N3O3/c1-13-7-4-5-10-18(13)25-22-20(14(2)24-25)17(12-19(26)23-22)21(27)15-8-6-9-16(11-15)28-3/h4-11,17H,12H2,1-3H3,(H,23,26). The number of ketones is 1. The fraction of sp³-hybridized carbons (Fsp3) is 0.227. The lowest BCUT2D eigenvalue weighted by atomic mass is 9.85. The van der Waals surface area contributed by atoms with Crippen LogP contribution in [-0.2, 0) is 4.79 Å². The van der Waals surface area contributed by atoms with Crippen LogP contribution in [-0.4, -0.2) is 28.6 Å². The number of rotatable bonds is 4. The Labute approximate surface area is 163 Å². The summed E-state index contributed by atoms with van der Waals surface area (Å²) < 4.78 is 6.96. The number of fused-ring (bicyclic) bond motifs is 1. The first-order chi connectivity index (χ1) is 13.5. The Morgan fingerprint density at radius 1 is 1.18 bits per heavy atom. The number of nitrogens with one attached hydrogen (secondary N) is 1.